The summed E-state index contributed by atoms with van der Waals surface area (Å²) in [7, 11) is 0. The smallest absolute Gasteiger partial charge is 0.280 e. The number of nitrogens with zero attached hydrogens (tertiary/aromatic N) is 2. The Labute approximate surface area is 161 Å². The molecule has 0 aliphatic carbocycles. The predicted molar refractivity (Wildman–Crippen MR) is 101 cm³/mol. The van der Waals surface area contributed by atoms with E-state index >= 15 is 0 Å². The maximum absolute atomic E-state index is 12.3. The third-order valence-corrected chi connectivity index (χ3v) is 4.15. The number of benzene rings is 2. The van der Waals surface area contributed by atoms with Gasteiger partial charge >= 0.3 is 0 Å². The Hall–Kier alpha value is -3.86. The molecular formula is C20H17N3O5. The summed E-state index contributed by atoms with van der Waals surface area (Å²) < 4.78 is 10.3. The molecule has 2 aromatic rings. The number of nitro benzene ring substituents is 1. The maximum atomic E-state index is 12.3. The Kier molecular flexibility index (Phi) is 5.87. The Bertz CT molecular complexity index is 964. The number of carbonyl (C=O) groups is 1. The molecule has 142 valence electrons. The predicted octanol–water partition coefficient (Wildman–Crippen LogP) is 2.98. The van der Waals surface area contributed by atoms with Crippen LogP contribution in [0.1, 0.15) is 17.5 Å². The zero-order valence-electron chi connectivity index (χ0n) is 14.9. The highest BCUT2D eigenvalue weighted by Gasteiger charge is 2.23. The van der Waals surface area contributed by atoms with E-state index in [1.165, 1.54) is 18.2 Å². The highest BCUT2D eigenvalue weighted by atomic mass is 16.7. The van der Waals surface area contributed by atoms with Gasteiger partial charge in [0.2, 0.25) is 6.79 Å². The topological polar surface area (TPSA) is 114 Å². The lowest BCUT2D eigenvalue weighted by atomic mass is 10.1. The van der Waals surface area contributed by atoms with Gasteiger partial charge in [-0.25, -0.2) is 0 Å². The summed E-state index contributed by atoms with van der Waals surface area (Å²) >= 11 is 0. The minimum absolute atomic E-state index is 0.0351. The van der Waals surface area contributed by atoms with Crippen LogP contribution in [0.15, 0.2) is 48.0 Å². The van der Waals surface area contributed by atoms with Crippen molar-refractivity contribution in [1.82, 2.24) is 5.32 Å². The van der Waals surface area contributed by atoms with Gasteiger partial charge in [-0.3, -0.25) is 14.9 Å². The lowest BCUT2D eigenvalue weighted by Gasteiger charge is -2.05. The molecule has 8 nitrogen and oxygen atoms in total. The fourth-order valence-corrected chi connectivity index (χ4v) is 2.76. The molecule has 1 amide bonds. The van der Waals surface area contributed by atoms with Crippen molar-refractivity contribution in [3.63, 3.8) is 0 Å². The molecule has 0 aromatic heterocycles. The number of carbonyl (C=O) groups excluding carboxylic acids is 1. The summed E-state index contributed by atoms with van der Waals surface area (Å²) in [5.41, 5.74) is 0.768. The number of nitrogens with one attached hydrogen (secondary N) is 1. The van der Waals surface area contributed by atoms with Crippen LogP contribution in [-0.2, 0) is 11.2 Å². The van der Waals surface area contributed by atoms with E-state index in [-0.39, 0.29) is 29.4 Å². The van der Waals surface area contributed by atoms with Crippen LogP contribution in [0.2, 0.25) is 0 Å². The van der Waals surface area contributed by atoms with E-state index in [1.807, 2.05) is 30.3 Å². The number of nitro groups is 1. The van der Waals surface area contributed by atoms with Gasteiger partial charge in [0.05, 0.1) is 16.6 Å². The Morgan fingerprint density at radius 3 is 2.64 bits per heavy atom. The molecule has 1 aliphatic heterocycles. The number of ether oxygens (including phenoxy) is 2. The second kappa shape index (κ2) is 8.68. The van der Waals surface area contributed by atoms with E-state index in [1.54, 1.807) is 6.07 Å². The SMILES string of the molecule is N#C/C(=C\c1cc2c(cc1[N+](=O)[O-])OCO2)C(=O)NCCCc1ccccc1. The fourth-order valence-electron chi connectivity index (χ4n) is 2.76. The number of nitriles is 1. The molecule has 0 fully saturated rings. The Morgan fingerprint density at radius 1 is 1.25 bits per heavy atom. The normalized spacial score (nSPS) is 12.3. The first kappa shape index (κ1) is 18.9. The number of hydrogen-bond donors (Lipinski definition) is 1. The number of amides is 1. The maximum Gasteiger partial charge on any atom is 0.280 e. The third-order valence-electron chi connectivity index (χ3n) is 4.15. The molecule has 28 heavy (non-hydrogen) atoms. The number of hydrogen-bond acceptors (Lipinski definition) is 6. The van der Waals surface area contributed by atoms with E-state index < -0.39 is 10.8 Å². The van der Waals surface area contributed by atoms with Crippen molar-refractivity contribution in [3.05, 3.63) is 69.3 Å². The lowest BCUT2D eigenvalue weighted by Crippen LogP contribution is -2.25. The van der Waals surface area contributed by atoms with Gasteiger partial charge in [0, 0.05) is 6.54 Å². The molecule has 0 saturated heterocycles. The summed E-state index contributed by atoms with van der Waals surface area (Å²) in [5.74, 6) is 0.00709. The van der Waals surface area contributed by atoms with Crippen molar-refractivity contribution in [1.29, 1.82) is 5.26 Å². The second-order valence-corrected chi connectivity index (χ2v) is 6.04. The van der Waals surface area contributed by atoms with Crippen LogP contribution in [0.4, 0.5) is 5.69 Å². The summed E-state index contributed by atoms with van der Waals surface area (Å²) in [6, 6.07) is 14.2. The van der Waals surface area contributed by atoms with E-state index in [0.29, 0.717) is 18.7 Å². The molecule has 0 bridgehead atoms. The molecule has 0 atom stereocenters. The average Bonchev–Trinajstić information content (AvgIpc) is 3.16. The number of rotatable bonds is 7. The highest BCUT2D eigenvalue weighted by molar-refractivity contribution is 6.02. The number of fused-ring (bicyclic) bond motifs is 1. The highest BCUT2D eigenvalue weighted by Crippen LogP contribution is 2.38. The zero-order chi connectivity index (χ0) is 19.9. The van der Waals surface area contributed by atoms with E-state index in [4.69, 9.17) is 9.47 Å². The first-order chi connectivity index (χ1) is 13.6. The number of aryl methyl sites for hydroxylation is 1. The van der Waals surface area contributed by atoms with Crippen molar-refractivity contribution >= 4 is 17.7 Å². The average molecular weight is 379 g/mol. The van der Waals surface area contributed by atoms with Crippen LogP contribution in [0.3, 0.4) is 0 Å². The van der Waals surface area contributed by atoms with Gasteiger partial charge in [0.15, 0.2) is 11.5 Å². The van der Waals surface area contributed by atoms with Crippen molar-refractivity contribution in [2.24, 2.45) is 0 Å². The summed E-state index contributed by atoms with van der Waals surface area (Å²) in [5, 5.41) is 23.3. The lowest BCUT2D eigenvalue weighted by molar-refractivity contribution is -0.385. The molecule has 0 unspecified atom stereocenters. The summed E-state index contributed by atoms with van der Waals surface area (Å²) in [4.78, 5) is 23.0. The van der Waals surface area contributed by atoms with Crippen LogP contribution in [0, 0.1) is 21.4 Å². The first-order valence-corrected chi connectivity index (χ1v) is 8.60. The molecule has 1 aliphatic rings. The monoisotopic (exact) mass is 379 g/mol. The molecule has 3 rings (SSSR count). The van der Waals surface area contributed by atoms with Gasteiger partial charge in [-0.05, 0) is 30.5 Å². The zero-order valence-corrected chi connectivity index (χ0v) is 14.9. The van der Waals surface area contributed by atoms with Gasteiger partial charge in [-0.15, -0.1) is 0 Å². The Morgan fingerprint density at radius 2 is 1.96 bits per heavy atom. The van der Waals surface area contributed by atoms with Crippen LogP contribution >= 0.6 is 0 Å². The van der Waals surface area contributed by atoms with Gasteiger partial charge in [0.1, 0.15) is 11.6 Å². The fraction of sp³-hybridized carbons (Fsp3) is 0.200. The minimum atomic E-state index is -0.597. The van der Waals surface area contributed by atoms with E-state index in [2.05, 4.69) is 5.32 Å². The van der Waals surface area contributed by atoms with Crippen LogP contribution in [0.25, 0.3) is 6.08 Å². The van der Waals surface area contributed by atoms with Crippen molar-refractivity contribution in [3.8, 4) is 17.6 Å². The Balaban J connectivity index is 1.68. The molecule has 1 N–H and O–H groups in total. The van der Waals surface area contributed by atoms with Crippen molar-refractivity contribution < 1.29 is 19.2 Å². The van der Waals surface area contributed by atoms with Gasteiger partial charge in [-0.1, -0.05) is 30.3 Å². The summed E-state index contributed by atoms with van der Waals surface area (Å²) in [6.07, 6.45) is 2.69. The van der Waals surface area contributed by atoms with Crippen LogP contribution in [-0.4, -0.2) is 24.2 Å². The second-order valence-electron chi connectivity index (χ2n) is 6.04. The van der Waals surface area contributed by atoms with Crippen molar-refractivity contribution in [2.45, 2.75) is 12.8 Å². The molecule has 8 heteroatoms. The molecule has 1 heterocycles. The minimum Gasteiger partial charge on any atom is -0.454 e. The van der Waals surface area contributed by atoms with Crippen LogP contribution < -0.4 is 14.8 Å². The largest absolute Gasteiger partial charge is 0.454 e. The molecule has 2 aromatic carbocycles. The molecular weight excluding hydrogens is 362 g/mol. The standard InChI is InChI=1S/C20H17N3O5/c21-12-16(20(24)22-8-4-7-14-5-2-1-3-6-14)9-15-10-18-19(28-13-27-18)11-17(15)23(25)26/h1-3,5-6,9-11H,4,7-8,13H2,(H,22,24)/b16-9+. The molecule has 0 spiro atoms. The first-order valence-electron chi connectivity index (χ1n) is 8.60. The quantitative estimate of drug-likeness (QED) is 0.260. The molecule has 0 radical (unpaired) electrons. The van der Waals surface area contributed by atoms with Crippen LogP contribution in [0.5, 0.6) is 11.5 Å². The van der Waals surface area contributed by atoms with Gasteiger partial charge in [-0.2, -0.15) is 5.26 Å². The van der Waals surface area contributed by atoms with Gasteiger partial charge < -0.3 is 14.8 Å². The summed E-state index contributed by atoms with van der Waals surface area (Å²) in [6.45, 7) is 0.350. The van der Waals surface area contributed by atoms with Gasteiger partial charge in [0.25, 0.3) is 11.6 Å². The molecule has 0 saturated carbocycles. The van der Waals surface area contributed by atoms with Crippen molar-refractivity contribution in [2.75, 3.05) is 13.3 Å². The van der Waals surface area contributed by atoms with E-state index in [9.17, 15) is 20.2 Å². The van der Waals surface area contributed by atoms with E-state index in [0.717, 1.165) is 12.0 Å². The third kappa shape index (κ3) is 4.45.